The second kappa shape index (κ2) is 11.5. The van der Waals surface area contributed by atoms with E-state index in [1.54, 1.807) is 44.4 Å². The molecule has 2 atom stereocenters. The van der Waals surface area contributed by atoms with Gasteiger partial charge in [0, 0.05) is 31.8 Å². The first kappa shape index (κ1) is 27.6. The minimum atomic E-state index is -3.81. The lowest BCUT2D eigenvalue weighted by atomic mass is 9.87. The van der Waals surface area contributed by atoms with Crippen LogP contribution < -0.4 is 10.3 Å². The molecule has 1 aliphatic rings. The van der Waals surface area contributed by atoms with E-state index >= 15 is 0 Å². The van der Waals surface area contributed by atoms with Crippen molar-refractivity contribution < 1.29 is 22.7 Å². The Bertz CT molecular complexity index is 1480. The van der Waals surface area contributed by atoms with Crippen molar-refractivity contribution in [2.45, 2.75) is 57.1 Å². The van der Waals surface area contributed by atoms with Gasteiger partial charge >= 0.3 is 5.97 Å². The lowest BCUT2D eigenvalue weighted by Gasteiger charge is -2.24. The molecule has 0 amide bonds. The van der Waals surface area contributed by atoms with Crippen LogP contribution in [0.2, 0.25) is 0 Å². The molecular formula is C29H34N2O6S. The predicted octanol–water partition coefficient (Wildman–Crippen LogP) is 4.14. The largest absolute Gasteiger partial charge is 0.488 e. The van der Waals surface area contributed by atoms with Crippen LogP contribution in [0.1, 0.15) is 54.9 Å². The van der Waals surface area contributed by atoms with Crippen LogP contribution >= 0.6 is 0 Å². The summed E-state index contributed by atoms with van der Waals surface area (Å²) in [6.45, 7) is 6.29. The van der Waals surface area contributed by atoms with Crippen molar-refractivity contribution in [1.82, 2.24) is 8.87 Å². The van der Waals surface area contributed by atoms with Crippen LogP contribution in [0.15, 0.2) is 70.5 Å². The Balaban J connectivity index is 1.74. The highest BCUT2D eigenvalue weighted by molar-refractivity contribution is 7.89. The molecular weight excluding hydrogens is 504 g/mol. The van der Waals surface area contributed by atoms with Gasteiger partial charge in [-0.2, -0.15) is 4.31 Å². The number of fused-ring (bicyclic) bond motifs is 1. The third-order valence-electron chi connectivity index (χ3n) is 6.95. The zero-order valence-corrected chi connectivity index (χ0v) is 23.0. The van der Waals surface area contributed by atoms with E-state index in [4.69, 9.17) is 9.47 Å². The van der Waals surface area contributed by atoms with Crippen LogP contribution in [-0.4, -0.2) is 42.5 Å². The van der Waals surface area contributed by atoms with E-state index in [2.05, 4.69) is 0 Å². The van der Waals surface area contributed by atoms with Crippen molar-refractivity contribution in [2.75, 3.05) is 13.2 Å². The van der Waals surface area contributed by atoms with Gasteiger partial charge in [0.25, 0.3) is 5.56 Å². The van der Waals surface area contributed by atoms with Crippen LogP contribution in [0.25, 0.3) is 0 Å². The third kappa shape index (κ3) is 5.84. The van der Waals surface area contributed by atoms with E-state index < -0.39 is 15.9 Å². The number of hydrogen-bond donors (Lipinski definition) is 0. The number of esters is 1. The molecule has 8 nitrogen and oxygen atoms in total. The summed E-state index contributed by atoms with van der Waals surface area (Å²) in [4.78, 5) is 25.1. The third-order valence-corrected chi connectivity index (χ3v) is 8.80. The molecule has 3 aromatic rings. The fourth-order valence-electron chi connectivity index (χ4n) is 4.67. The van der Waals surface area contributed by atoms with Crippen LogP contribution in [0, 0.1) is 6.92 Å². The van der Waals surface area contributed by atoms with Crippen LogP contribution in [0.5, 0.6) is 5.75 Å². The van der Waals surface area contributed by atoms with Gasteiger partial charge in [-0.05, 0) is 60.7 Å². The topological polar surface area (TPSA) is 94.9 Å². The number of carbonyl (C=O) groups excluding carboxylic acids is 1. The molecule has 0 spiro atoms. The molecule has 0 N–H and O–H groups in total. The van der Waals surface area contributed by atoms with Crippen molar-refractivity contribution in [1.29, 1.82) is 0 Å². The number of para-hydroxylation sites is 1. The molecule has 4 rings (SSSR count). The summed E-state index contributed by atoms with van der Waals surface area (Å²) in [5.41, 5.74) is 3.07. The van der Waals surface area contributed by atoms with Gasteiger partial charge in [0.1, 0.15) is 16.7 Å². The fourth-order valence-corrected chi connectivity index (χ4v) is 6.24. The number of carbonyl (C=O) groups is 1. The summed E-state index contributed by atoms with van der Waals surface area (Å²) >= 11 is 0. The smallest absolute Gasteiger partial charge is 0.306 e. The molecule has 0 bridgehead atoms. The first-order chi connectivity index (χ1) is 18.1. The van der Waals surface area contributed by atoms with Gasteiger partial charge in [-0.15, -0.1) is 0 Å². The number of benzene rings is 2. The SMILES string of the molecule is CCOC(=O)CC(c1ccc(C)c(CN2CC(CC)Oc3ccccc3S2(=O)=O)c1)c1ccn(C)c(=O)c1. The Morgan fingerprint density at radius 1 is 1.11 bits per heavy atom. The second-order valence-corrected chi connectivity index (χ2v) is 11.5. The molecule has 1 aromatic heterocycles. The van der Waals surface area contributed by atoms with Gasteiger partial charge in [-0.3, -0.25) is 9.59 Å². The van der Waals surface area contributed by atoms with E-state index in [9.17, 15) is 18.0 Å². The number of rotatable bonds is 8. The molecule has 1 aliphatic heterocycles. The van der Waals surface area contributed by atoms with Gasteiger partial charge in [0.05, 0.1) is 19.6 Å². The first-order valence-electron chi connectivity index (χ1n) is 12.8. The molecule has 0 radical (unpaired) electrons. The molecule has 2 unspecified atom stereocenters. The van der Waals surface area contributed by atoms with Gasteiger partial charge < -0.3 is 14.0 Å². The van der Waals surface area contributed by atoms with E-state index in [1.165, 1.54) is 14.9 Å². The summed E-state index contributed by atoms with van der Waals surface area (Å²) < 4.78 is 41.6. The Morgan fingerprint density at radius 2 is 1.84 bits per heavy atom. The van der Waals surface area contributed by atoms with Gasteiger partial charge in [0.15, 0.2) is 0 Å². The van der Waals surface area contributed by atoms with Crippen molar-refractivity contribution in [3.63, 3.8) is 0 Å². The summed E-state index contributed by atoms with van der Waals surface area (Å²) in [5, 5.41) is 0. The molecule has 202 valence electrons. The molecule has 9 heteroatoms. The van der Waals surface area contributed by atoms with Crippen LogP contribution in [0.3, 0.4) is 0 Å². The molecule has 0 fully saturated rings. The maximum absolute atomic E-state index is 13.7. The maximum Gasteiger partial charge on any atom is 0.306 e. The van der Waals surface area contributed by atoms with Gasteiger partial charge in [-0.25, -0.2) is 8.42 Å². The zero-order chi connectivity index (χ0) is 27.4. The summed E-state index contributed by atoms with van der Waals surface area (Å²) in [7, 11) is -2.14. The van der Waals surface area contributed by atoms with Gasteiger partial charge in [-0.1, -0.05) is 37.3 Å². The second-order valence-electron chi connectivity index (χ2n) is 9.55. The van der Waals surface area contributed by atoms with Crippen molar-refractivity contribution >= 4 is 16.0 Å². The zero-order valence-electron chi connectivity index (χ0n) is 22.2. The average Bonchev–Trinajstić information content (AvgIpc) is 2.99. The van der Waals surface area contributed by atoms with E-state index in [-0.39, 0.29) is 48.6 Å². The summed E-state index contributed by atoms with van der Waals surface area (Å²) in [6.07, 6.45) is 2.11. The number of aryl methyl sites for hydroxylation is 2. The number of hydrogen-bond acceptors (Lipinski definition) is 6. The van der Waals surface area contributed by atoms with Crippen LogP contribution in [-0.2, 0) is 33.1 Å². The van der Waals surface area contributed by atoms with E-state index in [0.29, 0.717) is 17.7 Å². The molecule has 38 heavy (non-hydrogen) atoms. The predicted molar refractivity (Wildman–Crippen MR) is 145 cm³/mol. The minimum Gasteiger partial charge on any atom is -0.488 e. The highest BCUT2D eigenvalue weighted by atomic mass is 32.2. The number of ether oxygens (including phenoxy) is 2. The van der Waals surface area contributed by atoms with Crippen molar-refractivity contribution in [2.24, 2.45) is 7.05 Å². The van der Waals surface area contributed by atoms with Crippen molar-refractivity contribution in [3.8, 4) is 5.75 Å². The summed E-state index contributed by atoms with van der Waals surface area (Å²) in [6, 6.07) is 15.9. The first-order valence-corrected chi connectivity index (χ1v) is 14.3. The molecule has 0 saturated heterocycles. The molecule has 2 aromatic carbocycles. The standard InChI is InChI=1S/C29H34N2O6S/c1-5-24-19-31(38(34,35)27-10-8-7-9-26(27)37-24)18-23-15-21(12-11-20(23)3)25(17-29(33)36-6-2)22-13-14-30(4)28(32)16-22/h7-16,24-25H,5-6,17-19H2,1-4H3. The quantitative estimate of drug-likeness (QED) is 0.400. The molecule has 2 heterocycles. The van der Waals surface area contributed by atoms with Crippen molar-refractivity contribution in [3.05, 3.63) is 93.4 Å². The highest BCUT2D eigenvalue weighted by Crippen LogP contribution is 2.34. The maximum atomic E-state index is 13.7. The van der Waals surface area contributed by atoms with Crippen LogP contribution in [0.4, 0.5) is 0 Å². The van der Waals surface area contributed by atoms with E-state index in [1.807, 2.05) is 38.1 Å². The van der Waals surface area contributed by atoms with Gasteiger partial charge in [0.2, 0.25) is 10.0 Å². The monoisotopic (exact) mass is 538 g/mol. The number of nitrogens with zero attached hydrogens (tertiary/aromatic N) is 2. The normalized spacial score (nSPS) is 17.6. The number of pyridine rings is 1. The highest BCUT2D eigenvalue weighted by Gasteiger charge is 2.34. The minimum absolute atomic E-state index is 0.0602. The Hall–Kier alpha value is -3.43. The average molecular weight is 539 g/mol. The lowest BCUT2D eigenvalue weighted by molar-refractivity contribution is -0.143. The number of aromatic nitrogens is 1. The lowest BCUT2D eigenvalue weighted by Crippen LogP contribution is -2.36. The molecule has 0 aliphatic carbocycles. The number of sulfonamides is 1. The fraction of sp³-hybridized carbons (Fsp3) is 0.379. The molecule has 0 saturated carbocycles. The Labute approximate surface area is 223 Å². The Morgan fingerprint density at radius 3 is 2.55 bits per heavy atom. The Kier molecular flexibility index (Phi) is 8.38. The summed E-state index contributed by atoms with van der Waals surface area (Å²) in [5.74, 6) is -0.419. The van der Waals surface area contributed by atoms with E-state index in [0.717, 1.165) is 16.7 Å².